The maximum absolute atomic E-state index is 14.5. The first-order valence-electron chi connectivity index (χ1n) is 13.0. The minimum atomic E-state index is -0.939. The van der Waals surface area contributed by atoms with Crippen molar-refractivity contribution in [2.45, 2.75) is 45.1 Å². The molecule has 0 spiro atoms. The molecule has 38 heavy (non-hydrogen) atoms. The molecule has 8 heteroatoms. The zero-order valence-electron chi connectivity index (χ0n) is 21.1. The Hall–Kier alpha value is -3.45. The summed E-state index contributed by atoms with van der Waals surface area (Å²) >= 11 is 6.14. The molecule has 1 aromatic heterocycles. The molecule has 1 aliphatic rings. The van der Waals surface area contributed by atoms with Gasteiger partial charge in [0, 0.05) is 22.7 Å². The molecular weight excluding hydrogens is 510 g/mol. The average molecular weight is 539 g/mol. The van der Waals surface area contributed by atoms with Gasteiger partial charge in [0.1, 0.15) is 18.2 Å². The first-order chi connectivity index (χ1) is 18.4. The zero-order chi connectivity index (χ0) is 26.6. The molecule has 4 aromatic rings. The lowest BCUT2D eigenvalue weighted by Gasteiger charge is -2.32. The summed E-state index contributed by atoms with van der Waals surface area (Å²) in [5.74, 6) is -0.900. The first kappa shape index (κ1) is 26.2. The van der Waals surface area contributed by atoms with Crippen molar-refractivity contribution in [2.75, 3.05) is 13.2 Å². The van der Waals surface area contributed by atoms with E-state index in [9.17, 15) is 13.6 Å². The van der Waals surface area contributed by atoms with E-state index in [0.29, 0.717) is 33.2 Å². The molecule has 5 nitrogen and oxygen atoms in total. The third-order valence-electron chi connectivity index (χ3n) is 7.13. The second-order valence-electron chi connectivity index (χ2n) is 9.59. The molecule has 198 valence electrons. The van der Waals surface area contributed by atoms with Crippen LogP contribution in [0.25, 0.3) is 22.4 Å². The fourth-order valence-electron chi connectivity index (χ4n) is 5.28. The van der Waals surface area contributed by atoms with Crippen LogP contribution in [0.5, 0.6) is 5.75 Å². The van der Waals surface area contributed by atoms with E-state index < -0.39 is 17.6 Å². The van der Waals surface area contributed by atoms with E-state index >= 15 is 0 Å². The van der Waals surface area contributed by atoms with Gasteiger partial charge in [0.15, 0.2) is 11.6 Å². The van der Waals surface area contributed by atoms with Crippen LogP contribution in [0.3, 0.4) is 0 Å². The minimum absolute atomic E-state index is 0.206. The van der Waals surface area contributed by atoms with Gasteiger partial charge in [-0.2, -0.15) is 0 Å². The normalized spacial score (nSPS) is 14.9. The highest BCUT2D eigenvalue weighted by Gasteiger charge is 2.30. The Morgan fingerprint density at radius 3 is 2.53 bits per heavy atom. The number of benzene rings is 3. The largest absolute Gasteiger partial charge is 0.491 e. The number of imidazole rings is 1. The van der Waals surface area contributed by atoms with Crippen LogP contribution in [-0.2, 0) is 4.74 Å². The lowest BCUT2D eigenvalue weighted by molar-refractivity contribution is 0.0525. The Morgan fingerprint density at radius 1 is 1.05 bits per heavy atom. The van der Waals surface area contributed by atoms with Gasteiger partial charge >= 0.3 is 5.97 Å². The van der Waals surface area contributed by atoms with Crippen LogP contribution in [0.2, 0.25) is 5.02 Å². The summed E-state index contributed by atoms with van der Waals surface area (Å²) in [6.45, 7) is 2.31. The summed E-state index contributed by atoms with van der Waals surface area (Å²) in [7, 11) is 0. The van der Waals surface area contributed by atoms with Crippen LogP contribution in [-0.4, -0.2) is 28.7 Å². The maximum atomic E-state index is 14.5. The third-order valence-corrected chi connectivity index (χ3v) is 7.38. The molecule has 0 radical (unpaired) electrons. The Labute approximate surface area is 225 Å². The number of fused-ring (bicyclic) bond motifs is 1. The summed E-state index contributed by atoms with van der Waals surface area (Å²) in [5.41, 5.74) is 2.08. The number of carbonyl (C=O) groups is 1. The summed E-state index contributed by atoms with van der Waals surface area (Å²) in [6, 6.07) is 16.3. The molecule has 1 aliphatic carbocycles. The van der Waals surface area contributed by atoms with Crippen molar-refractivity contribution in [1.82, 2.24) is 9.55 Å². The Balaban J connectivity index is 1.58. The highest BCUT2D eigenvalue weighted by Crippen LogP contribution is 2.39. The van der Waals surface area contributed by atoms with Crippen molar-refractivity contribution in [3.8, 4) is 17.1 Å². The van der Waals surface area contributed by atoms with E-state index in [1.54, 1.807) is 43.3 Å². The predicted octanol–water partition coefficient (Wildman–Crippen LogP) is 8.01. The van der Waals surface area contributed by atoms with Gasteiger partial charge in [-0.15, -0.1) is 0 Å². The fourth-order valence-corrected chi connectivity index (χ4v) is 5.40. The highest BCUT2D eigenvalue weighted by atomic mass is 35.5. The summed E-state index contributed by atoms with van der Waals surface area (Å²) < 4.78 is 42.1. The lowest BCUT2D eigenvalue weighted by Crippen LogP contribution is -2.28. The lowest BCUT2D eigenvalue weighted by atomic mass is 9.83. The number of nitrogens with zero attached hydrogens (tertiary/aromatic N) is 2. The number of esters is 1. The van der Waals surface area contributed by atoms with E-state index in [1.807, 2.05) is 16.7 Å². The summed E-state index contributed by atoms with van der Waals surface area (Å²) in [4.78, 5) is 17.0. The third kappa shape index (κ3) is 5.53. The fraction of sp³-hybridized carbons (Fsp3) is 0.333. The van der Waals surface area contributed by atoms with Crippen molar-refractivity contribution in [3.05, 3.63) is 82.9 Å². The molecule has 0 aliphatic heterocycles. The van der Waals surface area contributed by atoms with E-state index in [-0.39, 0.29) is 25.2 Å². The number of rotatable bonds is 8. The van der Waals surface area contributed by atoms with Crippen LogP contribution in [0.4, 0.5) is 8.78 Å². The van der Waals surface area contributed by atoms with Gasteiger partial charge in [0.2, 0.25) is 0 Å². The van der Waals surface area contributed by atoms with E-state index in [4.69, 9.17) is 26.1 Å². The van der Waals surface area contributed by atoms with Crippen LogP contribution in [0, 0.1) is 17.6 Å². The standard InChI is InChI=1S/C30H29ClF2N2O3/c1-2-37-30(36)21-9-6-10-23(15-21)38-18-28(19-7-4-3-5-8-19)35-27-17-25(33)24(32)16-26(27)34-29(35)20-11-13-22(31)14-12-20/h6,9-17,19,28H,2-5,7-8,18H2,1H3. The van der Waals surface area contributed by atoms with E-state index in [1.165, 1.54) is 12.5 Å². The van der Waals surface area contributed by atoms with E-state index in [0.717, 1.165) is 37.3 Å². The number of halogens is 3. The average Bonchev–Trinajstić information content (AvgIpc) is 3.28. The van der Waals surface area contributed by atoms with Crippen LogP contribution >= 0.6 is 11.6 Å². The van der Waals surface area contributed by atoms with Gasteiger partial charge in [-0.1, -0.05) is 36.9 Å². The number of ether oxygens (including phenoxy) is 2. The zero-order valence-corrected chi connectivity index (χ0v) is 21.9. The van der Waals surface area contributed by atoms with Gasteiger partial charge in [-0.25, -0.2) is 18.6 Å². The topological polar surface area (TPSA) is 53.4 Å². The van der Waals surface area contributed by atoms with Crippen LogP contribution < -0.4 is 4.74 Å². The van der Waals surface area contributed by atoms with Crippen molar-refractivity contribution in [1.29, 1.82) is 0 Å². The molecule has 0 saturated heterocycles. The van der Waals surface area contributed by atoms with Gasteiger partial charge in [-0.05, 0) is 68.1 Å². The van der Waals surface area contributed by atoms with Gasteiger partial charge < -0.3 is 14.0 Å². The molecule has 0 amide bonds. The first-order valence-corrected chi connectivity index (χ1v) is 13.3. The van der Waals surface area contributed by atoms with Crippen molar-refractivity contribution in [2.24, 2.45) is 5.92 Å². The SMILES string of the molecule is CCOC(=O)c1cccc(OCC(C2CCCCC2)n2c(-c3ccc(Cl)cc3)nc3cc(F)c(F)cc32)c1. The number of hydrogen-bond donors (Lipinski definition) is 0. The second-order valence-corrected chi connectivity index (χ2v) is 10.0. The molecule has 1 heterocycles. The van der Waals surface area contributed by atoms with Crippen molar-refractivity contribution in [3.63, 3.8) is 0 Å². The molecule has 1 saturated carbocycles. The van der Waals surface area contributed by atoms with Crippen molar-refractivity contribution < 1.29 is 23.0 Å². The van der Waals surface area contributed by atoms with Crippen molar-refractivity contribution >= 4 is 28.6 Å². The second kappa shape index (κ2) is 11.5. The number of aromatic nitrogens is 2. The van der Waals surface area contributed by atoms with Gasteiger partial charge in [0.25, 0.3) is 0 Å². The maximum Gasteiger partial charge on any atom is 0.338 e. The highest BCUT2D eigenvalue weighted by molar-refractivity contribution is 6.30. The molecule has 3 aromatic carbocycles. The number of carbonyl (C=O) groups excluding carboxylic acids is 1. The molecule has 0 bridgehead atoms. The Bertz CT molecular complexity index is 1430. The quantitative estimate of drug-likeness (QED) is 0.213. The molecule has 5 rings (SSSR count). The van der Waals surface area contributed by atoms with E-state index in [2.05, 4.69) is 0 Å². The Kier molecular flexibility index (Phi) is 7.93. The summed E-state index contributed by atoms with van der Waals surface area (Å²) in [5, 5.41) is 0.585. The number of hydrogen-bond acceptors (Lipinski definition) is 4. The van der Waals surface area contributed by atoms with Crippen LogP contribution in [0.1, 0.15) is 55.4 Å². The van der Waals surface area contributed by atoms with Gasteiger partial charge in [0.05, 0.1) is 29.2 Å². The molecule has 0 N–H and O–H groups in total. The van der Waals surface area contributed by atoms with Gasteiger partial charge in [-0.3, -0.25) is 0 Å². The monoisotopic (exact) mass is 538 g/mol. The molecule has 1 fully saturated rings. The minimum Gasteiger partial charge on any atom is -0.491 e. The van der Waals surface area contributed by atoms with Crippen LogP contribution in [0.15, 0.2) is 60.7 Å². The predicted molar refractivity (Wildman–Crippen MR) is 144 cm³/mol. The molecule has 1 unspecified atom stereocenters. The smallest absolute Gasteiger partial charge is 0.338 e. The summed E-state index contributed by atoms with van der Waals surface area (Å²) in [6.07, 6.45) is 5.32. The molecule has 1 atom stereocenters. The molecular formula is C30H29ClF2N2O3. The Morgan fingerprint density at radius 2 is 1.79 bits per heavy atom.